The summed E-state index contributed by atoms with van der Waals surface area (Å²) < 4.78 is 0. The molecule has 5 N–H and O–H groups in total. The molecule has 0 fully saturated rings. The van der Waals surface area contributed by atoms with Crippen molar-refractivity contribution in [1.29, 1.82) is 0 Å². The fourth-order valence-corrected chi connectivity index (χ4v) is 1.01. The van der Waals surface area contributed by atoms with Gasteiger partial charge in [0.25, 0.3) is 0 Å². The number of rotatable bonds is 3. The standard InChI is InChI=1S/C11H14N4O/c1-8(14-15-11(12)13)6-7-9-4-2-3-5-10(9)16/h2-7,16H,1H3,(H4,12,13,15)/b7-6+,14-8+. The predicted molar refractivity (Wildman–Crippen MR) is 66.1 cm³/mol. The molecule has 5 nitrogen and oxygen atoms in total. The third-order valence-corrected chi connectivity index (χ3v) is 1.76. The molecule has 0 saturated carbocycles. The second-order valence-corrected chi connectivity index (χ2v) is 3.16. The third kappa shape index (κ3) is 3.83. The molecule has 84 valence electrons. The molecular weight excluding hydrogens is 204 g/mol. The van der Waals surface area contributed by atoms with E-state index in [2.05, 4.69) is 10.2 Å². The predicted octanol–water partition coefficient (Wildman–Crippen LogP) is 1.05. The number of para-hydroxylation sites is 1. The summed E-state index contributed by atoms with van der Waals surface area (Å²) in [5, 5.41) is 16.7. The van der Waals surface area contributed by atoms with E-state index in [0.29, 0.717) is 11.3 Å². The SMILES string of the molecule is CC(/C=C/c1ccccc1O)=N\N=C(N)N. The molecule has 0 bridgehead atoms. The fourth-order valence-electron chi connectivity index (χ4n) is 1.01. The zero-order valence-electron chi connectivity index (χ0n) is 8.96. The van der Waals surface area contributed by atoms with E-state index >= 15 is 0 Å². The van der Waals surface area contributed by atoms with Crippen LogP contribution in [0.15, 0.2) is 40.5 Å². The summed E-state index contributed by atoms with van der Waals surface area (Å²) in [6.45, 7) is 1.75. The number of nitrogens with zero attached hydrogens (tertiary/aromatic N) is 2. The zero-order chi connectivity index (χ0) is 12.0. The lowest BCUT2D eigenvalue weighted by Crippen LogP contribution is -2.21. The fraction of sp³-hybridized carbons (Fsp3) is 0.0909. The number of nitrogens with two attached hydrogens (primary N) is 2. The van der Waals surface area contributed by atoms with Crippen molar-refractivity contribution in [2.45, 2.75) is 6.92 Å². The topological polar surface area (TPSA) is 97.0 Å². The molecule has 0 saturated heterocycles. The molecular formula is C11H14N4O. The van der Waals surface area contributed by atoms with Crippen molar-refractivity contribution >= 4 is 17.7 Å². The molecule has 0 amide bonds. The molecule has 0 atom stereocenters. The Hall–Kier alpha value is -2.30. The van der Waals surface area contributed by atoms with Gasteiger partial charge in [-0.25, -0.2) is 0 Å². The van der Waals surface area contributed by atoms with E-state index in [9.17, 15) is 5.11 Å². The highest BCUT2D eigenvalue weighted by Gasteiger charge is 1.93. The first-order chi connectivity index (χ1) is 7.59. The number of allylic oxidation sites excluding steroid dienone is 1. The van der Waals surface area contributed by atoms with Gasteiger partial charge in [-0.1, -0.05) is 18.2 Å². The zero-order valence-corrected chi connectivity index (χ0v) is 8.96. The van der Waals surface area contributed by atoms with Crippen LogP contribution in [-0.4, -0.2) is 16.8 Å². The van der Waals surface area contributed by atoms with Crippen molar-refractivity contribution in [3.8, 4) is 5.75 Å². The summed E-state index contributed by atoms with van der Waals surface area (Å²) in [5.41, 5.74) is 11.6. The number of guanidine groups is 1. The first kappa shape index (κ1) is 11.8. The average molecular weight is 218 g/mol. The van der Waals surface area contributed by atoms with Crippen LogP contribution in [0.5, 0.6) is 5.75 Å². The van der Waals surface area contributed by atoms with Crippen LogP contribution in [0, 0.1) is 0 Å². The summed E-state index contributed by atoms with van der Waals surface area (Å²) in [6, 6.07) is 7.00. The third-order valence-electron chi connectivity index (χ3n) is 1.76. The number of phenolic OH excluding ortho intramolecular Hbond substituents is 1. The summed E-state index contributed by atoms with van der Waals surface area (Å²) >= 11 is 0. The lowest BCUT2D eigenvalue weighted by Gasteiger charge is -1.96. The highest BCUT2D eigenvalue weighted by Crippen LogP contribution is 2.16. The quantitative estimate of drug-likeness (QED) is 0.402. The van der Waals surface area contributed by atoms with Gasteiger partial charge < -0.3 is 16.6 Å². The summed E-state index contributed by atoms with van der Waals surface area (Å²) in [4.78, 5) is 0. The van der Waals surface area contributed by atoms with E-state index < -0.39 is 0 Å². The van der Waals surface area contributed by atoms with Crippen LogP contribution in [0.3, 0.4) is 0 Å². The lowest BCUT2D eigenvalue weighted by molar-refractivity contribution is 0.474. The Morgan fingerprint density at radius 3 is 2.56 bits per heavy atom. The first-order valence-corrected chi connectivity index (χ1v) is 4.69. The van der Waals surface area contributed by atoms with E-state index in [0.717, 1.165) is 0 Å². The van der Waals surface area contributed by atoms with Gasteiger partial charge in [-0.05, 0) is 25.1 Å². The monoisotopic (exact) mass is 218 g/mol. The van der Waals surface area contributed by atoms with Gasteiger partial charge in [-0.15, -0.1) is 5.10 Å². The van der Waals surface area contributed by atoms with E-state index in [-0.39, 0.29) is 11.7 Å². The van der Waals surface area contributed by atoms with Crippen molar-refractivity contribution in [2.75, 3.05) is 0 Å². The first-order valence-electron chi connectivity index (χ1n) is 4.69. The summed E-state index contributed by atoms with van der Waals surface area (Å²) in [5.74, 6) is 0.128. The molecule has 0 aliphatic carbocycles. The molecule has 0 heterocycles. The van der Waals surface area contributed by atoms with Gasteiger partial charge >= 0.3 is 0 Å². The van der Waals surface area contributed by atoms with Crippen LogP contribution in [0.25, 0.3) is 6.08 Å². The van der Waals surface area contributed by atoms with Gasteiger partial charge in [0, 0.05) is 5.56 Å². The maximum atomic E-state index is 9.48. The Labute approximate surface area is 93.8 Å². The largest absolute Gasteiger partial charge is 0.507 e. The summed E-state index contributed by atoms with van der Waals surface area (Å²) in [7, 11) is 0. The summed E-state index contributed by atoms with van der Waals surface area (Å²) in [6.07, 6.45) is 3.44. The van der Waals surface area contributed by atoms with Crippen molar-refractivity contribution in [3.05, 3.63) is 35.9 Å². The normalized spacial score (nSPS) is 11.7. The van der Waals surface area contributed by atoms with Crippen molar-refractivity contribution in [2.24, 2.45) is 21.7 Å². The average Bonchev–Trinajstić information content (AvgIpc) is 2.25. The molecule has 0 radical (unpaired) electrons. The highest BCUT2D eigenvalue weighted by molar-refractivity contribution is 5.96. The molecule has 1 rings (SSSR count). The number of aromatic hydroxyl groups is 1. The minimum absolute atomic E-state index is 0.0877. The van der Waals surface area contributed by atoms with Gasteiger partial charge in [-0.3, -0.25) is 0 Å². The minimum Gasteiger partial charge on any atom is -0.507 e. The Bertz CT molecular complexity index is 445. The van der Waals surface area contributed by atoms with Gasteiger partial charge in [0.2, 0.25) is 5.96 Å². The number of hydrogen-bond donors (Lipinski definition) is 3. The van der Waals surface area contributed by atoms with Gasteiger partial charge in [0.15, 0.2) is 0 Å². The molecule has 5 heteroatoms. The smallest absolute Gasteiger partial charge is 0.211 e. The molecule has 1 aromatic rings. The molecule has 1 aromatic carbocycles. The number of benzene rings is 1. The highest BCUT2D eigenvalue weighted by atomic mass is 16.3. The van der Waals surface area contributed by atoms with Gasteiger partial charge in [-0.2, -0.15) is 5.10 Å². The Kier molecular flexibility index (Phi) is 4.08. The van der Waals surface area contributed by atoms with Crippen molar-refractivity contribution in [3.63, 3.8) is 0 Å². The Morgan fingerprint density at radius 2 is 1.94 bits per heavy atom. The van der Waals surface area contributed by atoms with Gasteiger partial charge in [0.05, 0.1) is 5.71 Å². The van der Waals surface area contributed by atoms with Crippen LogP contribution in [0.4, 0.5) is 0 Å². The Morgan fingerprint density at radius 1 is 1.25 bits per heavy atom. The van der Waals surface area contributed by atoms with Crippen molar-refractivity contribution < 1.29 is 5.11 Å². The molecule has 0 aromatic heterocycles. The van der Waals surface area contributed by atoms with Crippen molar-refractivity contribution in [1.82, 2.24) is 0 Å². The van der Waals surface area contributed by atoms with E-state index in [1.807, 2.05) is 6.07 Å². The molecule has 0 aliphatic heterocycles. The van der Waals surface area contributed by atoms with E-state index in [4.69, 9.17) is 11.5 Å². The van der Waals surface area contributed by atoms with E-state index in [1.54, 1.807) is 37.3 Å². The second-order valence-electron chi connectivity index (χ2n) is 3.16. The minimum atomic E-state index is -0.0877. The number of phenols is 1. The van der Waals surface area contributed by atoms with Crippen LogP contribution < -0.4 is 11.5 Å². The molecule has 0 unspecified atom stereocenters. The van der Waals surface area contributed by atoms with Crippen LogP contribution in [-0.2, 0) is 0 Å². The molecule has 0 spiro atoms. The van der Waals surface area contributed by atoms with E-state index in [1.165, 1.54) is 0 Å². The lowest BCUT2D eigenvalue weighted by atomic mass is 10.2. The van der Waals surface area contributed by atoms with Crippen LogP contribution in [0.2, 0.25) is 0 Å². The number of hydrogen-bond acceptors (Lipinski definition) is 3. The Balaban J connectivity index is 2.78. The maximum absolute atomic E-state index is 9.48. The van der Waals surface area contributed by atoms with Crippen LogP contribution in [0.1, 0.15) is 12.5 Å². The van der Waals surface area contributed by atoms with Crippen LogP contribution >= 0.6 is 0 Å². The van der Waals surface area contributed by atoms with Gasteiger partial charge in [0.1, 0.15) is 5.75 Å². The molecule has 0 aliphatic rings. The molecule has 16 heavy (non-hydrogen) atoms. The second kappa shape index (κ2) is 5.55. The maximum Gasteiger partial charge on any atom is 0.211 e.